The predicted octanol–water partition coefficient (Wildman–Crippen LogP) is 11.9. The summed E-state index contributed by atoms with van der Waals surface area (Å²) >= 11 is 0. The van der Waals surface area contributed by atoms with Crippen molar-refractivity contribution in [3.8, 4) is 0 Å². The van der Waals surface area contributed by atoms with Crippen LogP contribution in [0.2, 0.25) is 0 Å². The summed E-state index contributed by atoms with van der Waals surface area (Å²) in [6, 6.07) is 0. The fourth-order valence-electron chi connectivity index (χ4n) is 6.39. The van der Waals surface area contributed by atoms with Crippen molar-refractivity contribution in [3.05, 3.63) is 93.2 Å². The molecule has 66 heavy (non-hydrogen) atoms. The lowest BCUT2D eigenvalue weighted by atomic mass is 10.1. The van der Waals surface area contributed by atoms with Gasteiger partial charge in [-0.15, -0.1) is 0 Å². The molecule has 0 radical (unpaired) electrons. The molecule has 0 rings (SSSR count). The number of carbonyl (C=O) groups excluding carboxylic acids is 4. The van der Waals surface area contributed by atoms with E-state index < -0.39 is 0 Å². The summed E-state index contributed by atoms with van der Waals surface area (Å²) in [5, 5.41) is 0. The maximum Gasteiger partial charge on any atom is 0.307 e. The number of hydrogen-bond acceptors (Lipinski definition) is 11. The molecule has 374 valence electrons. The van der Waals surface area contributed by atoms with Crippen LogP contribution in [-0.2, 0) is 38.1 Å². The zero-order valence-electron chi connectivity index (χ0n) is 43.8. The van der Waals surface area contributed by atoms with E-state index in [4.69, 9.17) is 18.9 Å². The van der Waals surface area contributed by atoms with E-state index in [0.29, 0.717) is 39.5 Å². The lowest BCUT2D eigenvalue weighted by Crippen LogP contribution is -2.44. The van der Waals surface area contributed by atoms with Crippen LogP contribution in [0.3, 0.4) is 0 Å². The second-order valence-electron chi connectivity index (χ2n) is 18.6. The van der Waals surface area contributed by atoms with Crippen molar-refractivity contribution in [2.75, 3.05) is 73.0 Å². The standard InChI is InChI=1S/C55H91N3O8/c1-44(2)18-14-22-48(9)30-38-63-52(59)26-34-57(35-27-53(60)64-39-31-49(10)23-15-19-45(3)4)42-56(13)43-58(36-28-54(61)65-40-32-50(11)24-16-20-46(5)6)37-29-55(62)66-41-33-51(12)25-17-21-47(7)8/h18-21,30-33H,14-17,22-29,34-43H2,1-13H3/b48-30+,49-31+,50-32+,51-33+. The molecule has 0 N–H and O–H groups in total. The maximum absolute atomic E-state index is 12.9. The third-order valence-corrected chi connectivity index (χ3v) is 10.5. The monoisotopic (exact) mass is 922 g/mol. The highest BCUT2D eigenvalue weighted by atomic mass is 16.5. The minimum atomic E-state index is -0.318. The highest BCUT2D eigenvalue weighted by molar-refractivity contribution is 5.71. The molecular weight excluding hydrogens is 831 g/mol. The van der Waals surface area contributed by atoms with E-state index in [9.17, 15) is 19.2 Å². The van der Waals surface area contributed by atoms with Gasteiger partial charge in [-0.3, -0.25) is 33.9 Å². The van der Waals surface area contributed by atoms with Gasteiger partial charge >= 0.3 is 23.9 Å². The normalized spacial score (nSPS) is 12.2. The van der Waals surface area contributed by atoms with Crippen LogP contribution in [-0.4, -0.2) is 112 Å². The van der Waals surface area contributed by atoms with Gasteiger partial charge in [0.2, 0.25) is 0 Å². The zero-order valence-corrected chi connectivity index (χ0v) is 43.8. The van der Waals surface area contributed by atoms with Crippen LogP contribution < -0.4 is 0 Å². The van der Waals surface area contributed by atoms with E-state index in [-0.39, 0.29) is 76.0 Å². The SMILES string of the molecule is CC(C)=CCC/C(C)=C/COC(=O)CCN(CCC(=O)OC/C=C(\C)CCC=C(C)C)CN(C)CN(CCC(=O)OC/C=C(\C)CCC=C(C)C)CCC(=O)OC/C=C(\C)CCC=C(C)C. The quantitative estimate of drug-likeness (QED) is 0.0259. The Morgan fingerprint density at radius 3 is 0.742 bits per heavy atom. The maximum atomic E-state index is 12.9. The minimum absolute atomic E-state index is 0.147. The molecule has 0 spiro atoms. The molecule has 0 atom stereocenters. The average molecular weight is 922 g/mol. The molecule has 0 unspecified atom stereocenters. The molecule has 0 aliphatic rings. The largest absolute Gasteiger partial charge is 0.461 e. The van der Waals surface area contributed by atoms with Crippen molar-refractivity contribution in [3.63, 3.8) is 0 Å². The van der Waals surface area contributed by atoms with Crippen LogP contribution in [0.1, 0.15) is 160 Å². The molecule has 0 heterocycles. The Kier molecular flexibility index (Phi) is 36.2. The van der Waals surface area contributed by atoms with Gasteiger partial charge < -0.3 is 18.9 Å². The van der Waals surface area contributed by atoms with Crippen molar-refractivity contribution in [2.24, 2.45) is 0 Å². The van der Waals surface area contributed by atoms with Gasteiger partial charge in [-0.25, -0.2) is 0 Å². The van der Waals surface area contributed by atoms with E-state index in [1.165, 1.54) is 44.6 Å². The lowest BCUT2D eigenvalue weighted by molar-refractivity contribution is -0.144. The first-order chi connectivity index (χ1) is 31.2. The molecule has 0 saturated carbocycles. The fraction of sp³-hybridized carbons (Fsp3) is 0.636. The van der Waals surface area contributed by atoms with Gasteiger partial charge in [0.15, 0.2) is 0 Å². The first-order valence-electron chi connectivity index (χ1n) is 24.2. The van der Waals surface area contributed by atoms with Gasteiger partial charge in [0.25, 0.3) is 0 Å². The first kappa shape index (κ1) is 61.7. The molecule has 11 nitrogen and oxygen atoms in total. The smallest absolute Gasteiger partial charge is 0.307 e. The molecule has 0 bridgehead atoms. The van der Waals surface area contributed by atoms with Crippen LogP contribution >= 0.6 is 0 Å². The predicted molar refractivity (Wildman–Crippen MR) is 273 cm³/mol. The molecule has 0 aliphatic heterocycles. The van der Waals surface area contributed by atoms with Gasteiger partial charge in [-0.1, -0.05) is 68.9 Å². The van der Waals surface area contributed by atoms with Gasteiger partial charge in [-0.05, 0) is 166 Å². The van der Waals surface area contributed by atoms with E-state index >= 15 is 0 Å². The molecule has 0 amide bonds. The molecule has 11 heteroatoms. The van der Waals surface area contributed by atoms with Gasteiger partial charge in [-0.2, -0.15) is 0 Å². The van der Waals surface area contributed by atoms with Crippen molar-refractivity contribution >= 4 is 23.9 Å². The fourth-order valence-corrected chi connectivity index (χ4v) is 6.39. The number of hydrogen-bond donors (Lipinski definition) is 0. The number of ether oxygens (including phenoxy) is 4. The summed E-state index contributed by atoms with van der Waals surface area (Å²) in [7, 11) is 1.93. The van der Waals surface area contributed by atoms with Gasteiger partial charge in [0.05, 0.1) is 39.0 Å². The Morgan fingerprint density at radius 1 is 0.333 bits per heavy atom. The summed E-state index contributed by atoms with van der Waals surface area (Å²) < 4.78 is 22.3. The number of esters is 4. The third-order valence-electron chi connectivity index (χ3n) is 10.5. The Hall–Kier alpha value is -4.32. The highest BCUT2D eigenvalue weighted by Gasteiger charge is 2.18. The summed E-state index contributed by atoms with van der Waals surface area (Å²) in [5.74, 6) is -1.27. The van der Waals surface area contributed by atoms with Crippen LogP contribution in [0.5, 0.6) is 0 Å². The molecule has 0 aliphatic carbocycles. The van der Waals surface area contributed by atoms with Crippen molar-refractivity contribution in [1.29, 1.82) is 0 Å². The second-order valence-corrected chi connectivity index (χ2v) is 18.6. The Balaban J connectivity index is 5.83. The number of rotatable bonds is 36. The minimum Gasteiger partial charge on any atom is -0.461 e. The average Bonchev–Trinajstić information content (AvgIpc) is 3.22. The van der Waals surface area contributed by atoms with Crippen LogP contribution in [0, 0.1) is 0 Å². The summed E-state index contributed by atoms with van der Waals surface area (Å²) in [5.41, 5.74) is 9.80. The Labute approximate surface area is 401 Å². The zero-order chi connectivity index (χ0) is 49.7. The molecule has 0 aromatic heterocycles. The molecular formula is C55H91N3O8. The van der Waals surface area contributed by atoms with Crippen molar-refractivity contribution in [2.45, 2.75) is 160 Å². The van der Waals surface area contributed by atoms with E-state index in [1.54, 1.807) is 0 Å². The van der Waals surface area contributed by atoms with Crippen LogP contribution in [0.15, 0.2) is 93.2 Å². The molecule has 0 fully saturated rings. The lowest BCUT2D eigenvalue weighted by Gasteiger charge is -2.32. The molecule has 0 saturated heterocycles. The first-order valence-corrected chi connectivity index (χ1v) is 24.2. The van der Waals surface area contributed by atoms with Gasteiger partial charge in [0.1, 0.15) is 26.4 Å². The summed E-state index contributed by atoms with van der Waals surface area (Å²) in [6.45, 7) is 28.0. The molecule has 0 aromatic rings. The van der Waals surface area contributed by atoms with Crippen molar-refractivity contribution in [1.82, 2.24) is 14.7 Å². The van der Waals surface area contributed by atoms with Crippen molar-refractivity contribution < 1.29 is 38.1 Å². The summed E-state index contributed by atoms with van der Waals surface area (Å²) in [4.78, 5) is 57.7. The van der Waals surface area contributed by atoms with Gasteiger partial charge in [0, 0.05) is 26.2 Å². The van der Waals surface area contributed by atoms with Crippen LogP contribution in [0.25, 0.3) is 0 Å². The number of allylic oxidation sites excluding steroid dienone is 12. The second kappa shape index (κ2) is 38.8. The van der Waals surface area contributed by atoms with E-state index in [2.05, 4.69) is 79.7 Å². The Morgan fingerprint density at radius 2 is 0.545 bits per heavy atom. The summed E-state index contributed by atoms with van der Waals surface area (Å²) in [6.07, 6.45) is 24.6. The topological polar surface area (TPSA) is 115 Å². The van der Waals surface area contributed by atoms with E-state index in [1.807, 2.05) is 73.7 Å². The van der Waals surface area contributed by atoms with Crippen LogP contribution in [0.4, 0.5) is 0 Å². The van der Waals surface area contributed by atoms with E-state index in [0.717, 1.165) is 51.4 Å². The molecule has 0 aromatic carbocycles. The Bertz CT molecular complexity index is 1440. The highest BCUT2D eigenvalue weighted by Crippen LogP contribution is 2.11. The third kappa shape index (κ3) is 40.0. The number of carbonyl (C=O) groups is 4. The number of nitrogens with zero attached hydrogens (tertiary/aromatic N) is 3.